The molecule has 0 spiro atoms. The molecule has 0 radical (unpaired) electrons. The molecule has 0 aromatic heterocycles. The summed E-state index contributed by atoms with van der Waals surface area (Å²) in [4.78, 5) is 11.4. The van der Waals surface area contributed by atoms with Gasteiger partial charge in [-0.2, -0.15) is 0 Å². The Balaban J connectivity index is 2.35. The minimum atomic E-state index is -0.304. The number of hydrogen-bond donors (Lipinski definition) is 2. The summed E-state index contributed by atoms with van der Waals surface area (Å²) >= 11 is 0. The molecule has 0 aliphatic rings. The zero-order valence-corrected chi connectivity index (χ0v) is 12.3. The molecule has 2 aromatic rings. The summed E-state index contributed by atoms with van der Waals surface area (Å²) in [5.74, 6) is -0.304. The van der Waals surface area contributed by atoms with Crippen molar-refractivity contribution in [3.8, 4) is 0 Å². The molecule has 0 saturated carbocycles. The highest BCUT2D eigenvalue weighted by molar-refractivity contribution is 5.71. The molecule has 2 aromatic carbocycles. The van der Waals surface area contributed by atoms with Crippen LogP contribution in [0.3, 0.4) is 0 Å². The van der Waals surface area contributed by atoms with Crippen molar-refractivity contribution < 1.29 is 9.53 Å². The summed E-state index contributed by atoms with van der Waals surface area (Å²) in [5.41, 5.74) is 9.95. The maximum atomic E-state index is 11.4. The second-order valence-electron chi connectivity index (χ2n) is 4.93. The topological polar surface area (TPSA) is 64.3 Å². The van der Waals surface area contributed by atoms with Gasteiger partial charge in [-0.3, -0.25) is 10.1 Å². The molecule has 0 unspecified atom stereocenters. The van der Waals surface area contributed by atoms with Gasteiger partial charge < -0.3 is 10.5 Å². The average Bonchev–Trinajstić information content (AvgIpc) is 2.51. The summed E-state index contributed by atoms with van der Waals surface area (Å²) in [7, 11) is 1.38. The van der Waals surface area contributed by atoms with Crippen molar-refractivity contribution in [2.24, 2.45) is 0 Å². The fraction of sp³-hybridized carbons (Fsp3) is 0.235. The van der Waals surface area contributed by atoms with Crippen LogP contribution < -0.4 is 11.1 Å². The number of anilines is 1. The largest absolute Gasteiger partial charge is 0.468 e. The van der Waals surface area contributed by atoms with Crippen LogP contribution in [0.1, 0.15) is 22.7 Å². The molecule has 0 fully saturated rings. The van der Waals surface area contributed by atoms with E-state index in [1.807, 2.05) is 55.5 Å². The molecule has 0 aliphatic heterocycles. The van der Waals surface area contributed by atoms with E-state index in [1.54, 1.807) is 0 Å². The molecule has 0 saturated heterocycles. The molecular weight excluding hydrogens is 264 g/mol. The Hall–Kier alpha value is -2.33. The number of benzene rings is 2. The van der Waals surface area contributed by atoms with E-state index in [0.717, 1.165) is 16.7 Å². The summed E-state index contributed by atoms with van der Waals surface area (Å²) < 4.78 is 4.69. The van der Waals surface area contributed by atoms with Gasteiger partial charge in [-0.05, 0) is 24.1 Å². The van der Waals surface area contributed by atoms with Crippen LogP contribution in [0.15, 0.2) is 48.5 Å². The Morgan fingerprint density at radius 1 is 1.24 bits per heavy atom. The first-order valence-electron chi connectivity index (χ1n) is 6.83. The summed E-state index contributed by atoms with van der Waals surface area (Å²) in [6.07, 6.45) is 0. The molecule has 1 atom stereocenters. The van der Waals surface area contributed by atoms with E-state index in [2.05, 4.69) is 5.32 Å². The molecule has 0 aliphatic carbocycles. The van der Waals surface area contributed by atoms with Crippen LogP contribution in [0.4, 0.5) is 5.69 Å². The monoisotopic (exact) mass is 284 g/mol. The molecule has 110 valence electrons. The van der Waals surface area contributed by atoms with Gasteiger partial charge in [0.2, 0.25) is 0 Å². The van der Waals surface area contributed by atoms with E-state index in [-0.39, 0.29) is 18.6 Å². The fourth-order valence-corrected chi connectivity index (χ4v) is 2.25. The Morgan fingerprint density at radius 3 is 2.62 bits per heavy atom. The number of nitrogen functional groups attached to an aromatic ring is 1. The third kappa shape index (κ3) is 3.83. The van der Waals surface area contributed by atoms with Gasteiger partial charge in [0.1, 0.15) is 0 Å². The lowest BCUT2D eigenvalue weighted by molar-refractivity contribution is -0.139. The molecule has 2 rings (SSSR count). The smallest absolute Gasteiger partial charge is 0.319 e. The van der Waals surface area contributed by atoms with Crippen molar-refractivity contribution in [1.29, 1.82) is 0 Å². The molecule has 4 heteroatoms. The van der Waals surface area contributed by atoms with Crippen LogP contribution in [0.5, 0.6) is 0 Å². The van der Waals surface area contributed by atoms with Gasteiger partial charge in [-0.15, -0.1) is 0 Å². The van der Waals surface area contributed by atoms with Crippen molar-refractivity contribution in [2.75, 3.05) is 19.4 Å². The van der Waals surface area contributed by atoms with Crippen molar-refractivity contribution in [2.45, 2.75) is 13.0 Å². The van der Waals surface area contributed by atoms with Gasteiger partial charge in [0, 0.05) is 5.69 Å². The van der Waals surface area contributed by atoms with E-state index in [0.29, 0.717) is 5.69 Å². The van der Waals surface area contributed by atoms with E-state index in [1.165, 1.54) is 7.11 Å². The molecule has 3 N–H and O–H groups in total. The van der Waals surface area contributed by atoms with Crippen LogP contribution in [0.25, 0.3) is 0 Å². The highest BCUT2D eigenvalue weighted by Gasteiger charge is 2.17. The first kappa shape index (κ1) is 15.1. The Bertz CT molecular complexity index is 611. The predicted octanol–water partition coefficient (Wildman–Crippen LogP) is 2.43. The zero-order chi connectivity index (χ0) is 15.2. The Kier molecular flexibility index (Phi) is 4.95. The minimum Gasteiger partial charge on any atom is -0.468 e. The van der Waals surface area contributed by atoms with Gasteiger partial charge in [-0.1, -0.05) is 48.0 Å². The first-order chi connectivity index (χ1) is 10.1. The first-order valence-corrected chi connectivity index (χ1v) is 6.83. The number of nitrogens with one attached hydrogen (secondary N) is 1. The molecular formula is C17H20N2O2. The summed E-state index contributed by atoms with van der Waals surface area (Å²) in [5, 5.41) is 3.22. The molecule has 21 heavy (non-hydrogen) atoms. The van der Waals surface area contributed by atoms with Crippen LogP contribution in [-0.2, 0) is 9.53 Å². The Labute approximate surface area is 124 Å². The predicted molar refractivity (Wildman–Crippen MR) is 83.9 cm³/mol. The summed E-state index contributed by atoms with van der Waals surface area (Å²) in [6.45, 7) is 2.15. The maximum absolute atomic E-state index is 11.4. The Morgan fingerprint density at radius 2 is 1.95 bits per heavy atom. The summed E-state index contributed by atoms with van der Waals surface area (Å²) in [6, 6.07) is 15.7. The quantitative estimate of drug-likeness (QED) is 0.654. The number of nitrogens with two attached hydrogens (primary N) is 1. The van der Waals surface area contributed by atoms with E-state index in [9.17, 15) is 4.79 Å². The van der Waals surface area contributed by atoms with Crippen molar-refractivity contribution in [3.63, 3.8) is 0 Å². The average molecular weight is 284 g/mol. The molecule has 0 heterocycles. The fourth-order valence-electron chi connectivity index (χ4n) is 2.25. The third-order valence-electron chi connectivity index (χ3n) is 3.36. The van der Waals surface area contributed by atoms with E-state index >= 15 is 0 Å². The second-order valence-corrected chi connectivity index (χ2v) is 4.93. The zero-order valence-electron chi connectivity index (χ0n) is 12.3. The van der Waals surface area contributed by atoms with Crippen LogP contribution in [-0.4, -0.2) is 19.6 Å². The number of hydrogen-bond acceptors (Lipinski definition) is 4. The molecule has 0 amide bonds. The minimum absolute atomic E-state index is 0.128. The second kappa shape index (κ2) is 6.90. The van der Waals surface area contributed by atoms with Crippen molar-refractivity contribution in [1.82, 2.24) is 5.32 Å². The number of carbonyl (C=O) groups excluding carboxylic acids is 1. The lowest BCUT2D eigenvalue weighted by atomic mass is 9.96. The third-order valence-corrected chi connectivity index (χ3v) is 3.36. The van der Waals surface area contributed by atoms with Crippen LogP contribution in [0.2, 0.25) is 0 Å². The lowest BCUT2D eigenvalue weighted by Crippen LogP contribution is -2.29. The van der Waals surface area contributed by atoms with Crippen molar-refractivity contribution >= 4 is 11.7 Å². The number of aryl methyl sites for hydroxylation is 1. The number of methoxy groups -OCH3 is 1. The van der Waals surface area contributed by atoms with Gasteiger partial charge in [0.15, 0.2) is 0 Å². The highest BCUT2D eigenvalue weighted by Crippen LogP contribution is 2.27. The number of ether oxygens (including phenoxy) is 1. The van der Waals surface area contributed by atoms with Crippen LogP contribution in [0, 0.1) is 6.92 Å². The van der Waals surface area contributed by atoms with Gasteiger partial charge in [0.25, 0.3) is 0 Å². The van der Waals surface area contributed by atoms with Crippen molar-refractivity contribution in [3.05, 3.63) is 65.2 Å². The number of carbonyl (C=O) groups is 1. The number of esters is 1. The standard InChI is InChI=1S/C17H20N2O2/c1-12-8-9-15(18)14(10-12)17(19-11-16(20)21-2)13-6-4-3-5-7-13/h3-10,17,19H,11,18H2,1-2H3/t17-/m1/s1. The normalized spacial score (nSPS) is 11.9. The van der Waals surface area contributed by atoms with E-state index < -0.39 is 0 Å². The SMILES string of the molecule is COC(=O)CN[C@H](c1ccccc1)c1cc(C)ccc1N. The molecule has 4 nitrogen and oxygen atoms in total. The lowest BCUT2D eigenvalue weighted by Gasteiger charge is -2.21. The van der Waals surface area contributed by atoms with Crippen LogP contribution >= 0.6 is 0 Å². The van der Waals surface area contributed by atoms with E-state index in [4.69, 9.17) is 10.5 Å². The van der Waals surface area contributed by atoms with Gasteiger partial charge in [-0.25, -0.2) is 0 Å². The molecule has 0 bridgehead atoms. The number of rotatable bonds is 5. The van der Waals surface area contributed by atoms with Gasteiger partial charge >= 0.3 is 5.97 Å². The highest BCUT2D eigenvalue weighted by atomic mass is 16.5. The maximum Gasteiger partial charge on any atom is 0.319 e. The van der Waals surface area contributed by atoms with Gasteiger partial charge in [0.05, 0.1) is 19.7 Å².